The zero-order valence-electron chi connectivity index (χ0n) is 16.7. The monoisotopic (exact) mass is 491 g/mol. The van der Waals surface area contributed by atoms with Crippen LogP contribution < -0.4 is 20.5 Å². The molecule has 1 atom stereocenters. The van der Waals surface area contributed by atoms with Gasteiger partial charge in [0.2, 0.25) is 10.1 Å². The number of piperidine rings is 1. The van der Waals surface area contributed by atoms with E-state index in [1.165, 1.54) is 28.3 Å². The predicted octanol–water partition coefficient (Wildman–Crippen LogP) is 3.09. The van der Waals surface area contributed by atoms with Crippen LogP contribution in [0, 0.1) is 5.92 Å². The summed E-state index contributed by atoms with van der Waals surface area (Å²) in [6.45, 7) is 4.30. The molecule has 158 valence electrons. The van der Waals surface area contributed by atoms with E-state index < -0.39 is 11.5 Å². The van der Waals surface area contributed by atoms with Crippen molar-refractivity contribution >= 4 is 43.3 Å². The van der Waals surface area contributed by atoms with E-state index in [2.05, 4.69) is 43.2 Å². The van der Waals surface area contributed by atoms with Crippen LogP contribution in [0.4, 0.5) is 5.13 Å². The molecule has 30 heavy (non-hydrogen) atoms. The van der Waals surface area contributed by atoms with Crippen molar-refractivity contribution in [2.75, 3.05) is 25.1 Å². The van der Waals surface area contributed by atoms with Crippen LogP contribution in [0.3, 0.4) is 0 Å². The lowest BCUT2D eigenvalue weighted by molar-refractivity contribution is 0.0943. The van der Waals surface area contributed by atoms with Gasteiger partial charge in [0.05, 0.1) is 7.11 Å². The molecule has 0 radical (unpaired) electrons. The highest BCUT2D eigenvalue weighted by atomic mass is 79.9. The van der Waals surface area contributed by atoms with Gasteiger partial charge in [0.1, 0.15) is 11.4 Å². The van der Waals surface area contributed by atoms with Crippen LogP contribution in [0.1, 0.15) is 35.8 Å². The molecule has 3 aromatic rings. The van der Waals surface area contributed by atoms with Gasteiger partial charge in [-0.25, -0.2) is 0 Å². The van der Waals surface area contributed by atoms with Crippen molar-refractivity contribution in [2.45, 2.75) is 26.3 Å². The lowest BCUT2D eigenvalue weighted by Crippen LogP contribution is -2.34. The van der Waals surface area contributed by atoms with E-state index in [-0.39, 0.29) is 12.2 Å². The van der Waals surface area contributed by atoms with E-state index >= 15 is 0 Å². The average Bonchev–Trinajstić information content (AvgIpc) is 3.15. The molecule has 0 saturated carbocycles. The van der Waals surface area contributed by atoms with Crippen LogP contribution in [0.15, 0.2) is 33.5 Å². The fourth-order valence-electron chi connectivity index (χ4n) is 3.61. The predicted molar refractivity (Wildman–Crippen MR) is 120 cm³/mol. The molecule has 0 unspecified atom stereocenters. The zero-order chi connectivity index (χ0) is 21.3. The Labute approximate surface area is 186 Å². The normalized spacial score (nSPS) is 16.6. The second kappa shape index (κ2) is 8.73. The minimum absolute atomic E-state index is 0.173. The fraction of sp³-hybridized carbons (Fsp3) is 0.400. The van der Waals surface area contributed by atoms with Crippen molar-refractivity contribution in [3.8, 4) is 5.75 Å². The Balaban J connectivity index is 1.61. The molecule has 0 bridgehead atoms. The summed E-state index contributed by atoms with van der Waals surface area (Å²) in [4.78, 5) is 31.7. The summed E-state index contributed by atoms with van der Waals surface area (Å²) in [6, 6.07) is 6.80. The summed E-state index contributed by atoms with van der Waals surface area (Å²) in [6.07, 6.45) is 2.30. The van der Waals surface area contributed by atoms with Crippen LogP contribution in [-0.2, 0) is 6.54 Å². The Bertz CT molecular complexity index is 1150. The number of amides is 1. The molecular formula is C20H22BrN5O3S. The van der Waals surface area contributed by atoms with Crippen molar-refractivity contribution in [1.82, 2.24) is 19.9 Å². The van der Waals surface area contributed by atoms with Gasteiger partial charge in [-0.15, -0.1) is 5.10 Å². The third-order valence-electron chi connectivity index (χ3n) is 5.09. The molecule has 2 aromatic heterocycles. The van der Waals surface area contributed by atoms with E-state index in [0.717, 1.165) is 34.7 Å². The number of anilines is 1. The molecule has 1 aromatic carbocycles. The van der Waals surface area contributed by atoms with Crippen molar-refractivity contribution in [3.63, 3.8) is 0 Å². The second-order valence-electron chi connectivity index (χ2n) is 7.39. The highest BCUT2D eigenvalue weighted by Gasteiger charge is 2.22. The molecule has 0 spiro atoms. The number of hydrogen-bond acceptors (Lipinski definition) is 7. The molecule has 1 amide bonds. The Morgan fingerprint density at radius 1 is 1.40 bits per heavy atom. The number of benzene rings is 1. The number of methoxy groups -OCH3 is 1. The molecule has 1 saturated heterocycles. The summed E-state index contributed by atoms with van der Waals surface area (Å²) in [7, 11) is 1.58. The van der Waals surface area contributed by atoms with Crippen LogP contribution in [0.25, 0.3) is 4.96 Å². The van der Waals surface area contributed by atoms with Crippen LogP contribution in [-0.4, -0.2) is 40.7 Å². The Kier molecular flexibility index (Phi) is 6.05. The number of carbonyl (C=O) groups is 1. The summed E-state index contributed by atoms with van der Waals surface area (Å²) >= 11 is 4.76. The van der Waals surface area contributed by atoms with E-state index in [4.69, 9.17) is 4.74 Å². The number of hydrogen-bond donors (Lipinski definition) is 1. The van der Waals surface area contributed by atoms with Gasteiger partial charge in [0.15, 0.2) is 0 Å². The number of fused-ring (bicyclic) bond motifs is 1. The molecule has 1 N–H and O–H groups in total. The number of nitrogens with zero attached hydrogens (tertiary/aromatic N) is 4. The number of carbonyl (C=O) groups excluding carboxylic acids is 1. The zero-order valence-corrected chi connectivity index (χ0v) is 19.1. The van der Waals surface area contributed by atoms with Crippen LogP contribution in [0.5, 0.6) is 5.75 Å². The first-order valence-electron chi connectivity index (χ1n) is 9.71. The quantitative estimate of drug-likeness (QED) is 0.589. The lowest BCUT2D eigenvalue weighted by Gasteiger charge is -2.30. The van der Waals surface area contributed by atoms with Gasteiger partial charge in [-0.2, -0.15) is 9.50 Å². The topological polar surface area (TPSA) is 88.8 Å². The summed E-state index contributed by atoms with van der Waals surface area (Å²) in [5.41, 5.74) is 0.535. The molecule has 1 aliphatic rings. The lowest BCUT2D eigenvalue weighted by atomic mass is 10.0. The largest absolute Gasteiger partial charge is 0.496 e. The third-order valence-corrected chi connectivity index (χ3v) is 6.55. The van der Waals surface area contributed by atoms with E-state index in [1.807, 2.05) is 18.2 Å². The molecule has 3 heterocycles. The van der Waals surface area contributed by atoms with Crippen molar-refractivity contribution < 1.29 is 9.53 Å². The number of ether oxygens (including phenoxy) is 1. The first-order chi connectivity index (χ1) is 14.4. The Hall–Kier alpha value is -2.46. The minimum atomic E-state index is -0.456. The van der Waals surface area contributed by atoms with E-state index in [1.54, 1.807) is 7.11 Å². The van der Waals surface area contributed by atoms with Crippen molar-refractivity contribution in [2.24, 2.45) is 5.92 Å². The maximum absolute atomic E-state index is 12.9. The van der Waals surface area contributed by atoms with Gasteiger partial charge in [-0.3, -0.25) is 9.59 Å². The molecule has 1 aliphatic heterocycles. The van der Waals surface area contributed by atoms with Gasteiger partial charge in [0, 0.05) is 35.7 Å². The number of aromatic nitrogens is 3. The van der Waals surface area contributed by atoms with Crippen LogP contribution >= 0.6 is 27.3 Å². The molecule has 8 nitrogen and oxygen atoms in total. The molecule has 10 heteroatoms. The molecule has 4 rings (SSSR count). The first kappa shape index (κ1) is 20.8. The van der Waals surface area contributed by atoms with Gasteiger partial charge < -0.3 is 15.0 Å². The molecule has 1 fully saturated rings. The van der Waals surface area contributed by atoms with E-state index in [0.29, 0.717) is 16.6 Å². The number of halogens is 1. The van der Waals surface area contributed by atoms with Gasteiger partial charge >= 0.3 is 0 Å². The van der Waals surface area contributed by atoms with Crippen molar-refractivity contribution in [1.29, 1.82) is 0 Å². The van der Waals surface area contributed by atoms with E-state index in [9.17, 15) is 9.59 Å². The minimum Gasteiger partial charge on any atom is -0.496 e. The first-order valence-corrected chi connectivity index (χ1v) is 11.3. The second-order valence-corrected chi connectivity index (χ2v) is 9.24. The van der Waals surface area contributed by atoms with Crippen molar-refractivity contribution in [3.05, 3.63) is 50.3 Å². The fourth-order valence-corrected chi connectivity index (χ4v) is 4.96. The average molecular weight is 492 g/mol. The SMILES string of the molecule is COc1ccc(Br)cc1CNC(=O)c1cc(=O)nc2sc(N3CCC[C@H](C)C3)nn12. The number of nitrogens with one attached hydrogen (secondary N) is 1. The highest BCUT2D eigenvalue weighted by molar-refractivity contribution is 9.10. The molecular weight excluding hydrogens is 470 g/mol. The highest BCUT2D eigenvalue weighted by Crippen LogP contribution is 2.27. The van der Waals surface area contributed by atoms with Crippen LogP contribution in [0.2, 0.25) is 0 Å². The summed E-state index contributed by atoms with van der Waals surface area (Å²) in [5, 5.41) is 8.24. The molecule has 0 aliphatic carbocycles. The van der Waals surface area contributed by atoms with Gasteiger partial charge in [0.25, 0.3) is 11.5 Å². The number of rotatable bonds is 5. The maximum atomic E-state index is 12.9. The smallest absolute Gasteiger partial charge is 0.274 e. The summed E-state index contributed by atoms with van der Waals surface area (Å²) in [5.74, 6) is 0.864. The third kappa shape index (κ3) is 4.34. The summed E-state index contributed by atoms with van der Waals surface area (Å²) < 4.78 is 7.70. The Morgan fingerprint density at radius 2 is 2.23 bits per heavy atom. The standard InChI is InChI=1S/C20H22BrN5O3S/c1-12-4-3-7-25(11-12)20-24-26-15(9-17(27)23-19(26)30-20)18(28)22-10-13-8-14(21)5-6-16(13)29-2/h5-6,8-9,12H,3-4,7,10-11H2,1-2H3,(H,22,28)/t12-/m0/s1. The van der Waals surface area contributed by atoms with Gasteiger partial charge in [-0.05, 0) is 37.0 Å². The van der Waals surface area contributed by atoms with Gasteiger partial charge in [-0.1, -0.05) is 34.2 Å². The Morgan fingerprint density at radius 3 is 3.00 bits per heavy atom. The maximum Gasteiger partial charge on any atom is 0.274 e.